The molecule has 0 bridgehead atoms. The van der Waals surface area contributed by atoms with Crippen molar-refractivity contribution in [3.63, 3.8) is 0 Å². The molecule has 0 saturated carbocycles. The third kappa shape index (κ3) is 18.3. The van der Waals surface area contributed by atoms with Crippen molar-refractivity contribution in [3.8, 4) is 0 Å². The monoisotopic (exact) mass is 474 g/mol. The van der Waals surface area contributed by atoms with Crippen LogP contribution < -0.4 is 0 Å². The lowest BCUT2D eigenvalue weighted by Gasteiger charge is -2.35. The first-order valence-corrected chi connectivity index (χ1v) is 15.3. The summed E-state index contributed by atoms with van der Waals surface area (Å²) >= 11 is 0. The van der Waals surface area contributed by atoms with Crippen molar-refractivity contribution in [1.82, 2.24) is 0 Å². The van der Waals surface area contributed by atoms with Crippen molar-refractivity contribution in [2.24, 2.45) is 0 Å². The van der Waals surface area contributed by atoms with Gasteiger partial charge in [-0.15, -0.1) is 0 Å². The van der Waals surface area contributed by atoms with Gasteiger partial charge in [-0.05, 0) is 32.1 Å². The van der Waals surface area contributed by atoms with E-state index in [0.29, 0.717) is 17.5 Å². The maximum Gasteiger partial charge on any atom is 0.385 e. The van der Waals surface area contributed by atoms with E-state index >= 15 is 0 Å². The second-order valence-corrected chi connectivity index (χ2v) is 12.4. The Morgan fingerprint density at radius 1 is 0.719 bits per heavy atom. The first-order chi connectivity index (χ1) is 15.3. The number of hydrogen-bond acceptors (Lipinski definition) is 2. The van der Waals surface area contributed by atoms with Gasteiger partial charge >= 0.3 is 7.60 Å². The minimum atomic E-state index is -3.56. The molecule has 0 aromatic rings. The smallest absolute Gasteiger partial charge is 0.320 e. The maximum atomic E-state index is 12.5. The van der Waals surface area contributed by atoms with Crippen molar-refractivity contribution in [1.29, 1.82) is 0 Å². The third-order valence-corrected chi connectivity index (χ3v) is 8.68. The summed E-state index contributed by atoms with van der Waals surface area (Å²) in [5.41, 5.74) is 0. The highest BCUT2D eigenvalue weighted by Gasteiger charge is 2.41. The van der Waals surface area contributed by atoms with Crippen LogP contribution in [0.1, 0.15) is 129 Å². The van der Waals surface area contributed by atoms with Gasteiger partial charge in [0, 0.05) is 6.42 Å². The van der Waals surface area contributed by atoms with Crippen molar-refractivity contribution in [2.75, 3.05) is 27.7 Å². The van der Waals surface area contributed by atoms with Gasteiger partial charge in [-0.2, -0.15) is 0 Å². The van der Waals surface area contributed by atoms with Crippen LogP contribution in [0.2, 0.25) is 0 Å². The molecule has 0 fully saturated rings. The van der Waals surface area contributed by atoms with Gasteiger partial charge < -0.3 is 13.9 Å². The van der Waals surface area contributed by atoms with Gasteiger partial charge in [0.25, 0.3) is 0 Å². The summed E-state index contributed by atoms with van der Waals surface area (Å²) < 4.78 is 18.4. The number of allylic oxidation sites excluding steroid dienone is 2. The molecule has 0 aliphatic carbocycles. The van der Waals surface area contributed by atoms with E-state index in [1.165, 1.54) is 89.9 Å². The fourth-order valence-corrected chi connectivity index (χ4v) is 6.28. The zero-order valence-electron chi connectivity index (χ0n) is 22.3. The first-order valence-electron chi connectivity index (χ1n) is 13.7. The molecule has 0 heterocycles. The van der Waals surface area contributed by atoms with Gasteiger partial charge in [-0.3, -0.25) is 4.57 Å². The molecule has 0 aromatic heterocycles. The van der Waals surface area contributed by atoms with Crippen LogP contribution in [0.5, 0.6) is 0 Å². The summed E-state index contributed by atoms with van der Waals surface area (Å²) in [4.78, 5) is 10.3. The molecule has 1 N–H and O–H groups in total. The summed E-state index contributed by atoms with van der Waals surface area (Å²) in [6.45, 7) is 4.60. The molecular weight excluding hydrogens is 417 g/mol. The Bertz CT molecular complexity index is 488. The fourth-order valence-electron chi connectivity index (χ4n) is 4.38. The van der Waals surface area contributed by atoms with E-state index < -0.39 is 7.60 Å². The van der Waals surface area contributed by atoms with Crippen LogP contribution in [0, 0.1) is 0 Å². The summed E-state index contributed by atoms with van der Waals surface area (Å²) in [5.74, 6) is -0.359. The molecule has 0 amide bonds. The van der Waals surface area contributed by atoms with Crippen molar-refractivity contribution in [3.05, 3.63) is 12.2 Å². The van der Waals surface area contributed by atoms with Crippen LogP contribution >= 0.6 is 7.60 Å². The minimum absolute atomic E-state index is 0.359. The minimum Gasteiger partial charge on any atom is -0.320 e. The van der Waals surface area contributed by atoms with E-state index in [-0.39, 0.29) is 5.78 Å². The molecule has 0 saturated heterocycles. The van der Waals surface area contributed by atoms with Crippen LogP contribution in [0.15, 0.2) is 12.2 Å². The van der Waals surface area contributed by atoms with E-state index in [1.54, 1.807) is 0 Å². The Morgan fingerprint density at radius 3 is 1.53 bits per heavy atom. The Balaban J connectivity index is 3.47. The van der Waals surface area contributed by atoms with Crippen molar-refractivity contribution >= 4 is 7.60 Å². The molecule has 2 atom stereocenters. The summed E-state index contributed by atoms with van der Waals surface area (Å²) in [7, 11) is 2.28. The van der Waals surface area contributed by atoms with Crippen LogP contribution in [-0.4, -0.2) is 42.9 Å². The molecule has 4 nitrogen and oxygen atoms in total. The molecule has 0 spiro atoms. The van der Waals surface area contributed by atoms with Gasteiger partial charge in [0.1, 0.15) is 0 Å². The lowest BCUT2D eigenvalue weighted by atomic mass is 10.0. The van der Waals surface area contributed by atoms with Gasteiger partial charge in [0.05, 0.1) is 27.7 Å². The average Bonchev–Trinajstić information content (AvgIpc) is 2.71. The fraction of sp³-hybridized carbons (Fsp3) is 0.926. The van der Waals surface area contributed by atoms with Crippen LogP contribution in [-0.2, 0) is 9.09 Å². The lowest BCUT2D eigenvalue weighted by Crippen LogP contribution is -2.44. The van der Waals surface area contributed by atoms with Gasteiger partial charge in [-0.1, -0.05) is 103 Å². The third-order valence-electron chi connectivity index (χ3n) is 6.32. The summed E-state index contributed by atoms with van der Waals surface area (Å²) in [6.07, 6.45) is 27.5. The Labute approximate surface area is 201 Å². The second-order valence-electron chi connectivity index (χ2n) is 10.4. The highest BCUT2D eigenvalue weighted by molar-refractivity contribution is 7.53. The normalized spacial score (nSPS) is 15.3. The molecule has 2 unspecified atom stereocenters. The van der Waals surface area contributed by atoms with Crippen LogP contribution in [0.25, 0.3) is 0 Å². The quantitative estimate of drug-likeness (QED) is 0.0696. The molecular formula is C27H57NO3P+. The molecule has 0 aromatic carbocycles. The molecule has 5 heteroatoms. The zero-order valence-corrected chi connectivity index (χ0v) is 23.2. The standard InChI is InChI=1S/C27H56NO3P/c1-6-8-9-10-11-12-13-14-15-16-17-18-19-20-21-22-23-24-25-26-31-32(29,30)27(7-2)28(3,4)5/h21-22,27H,6-20,23-26H2,1-5H3/p+1. The van der Waals surface area contributed by atoms with Gasteiger partial charge in [0.15, 0.2) is 5.78 Å². The summed E-state index contributed by atoms with van der Waals surface area (Å²) in [6, 6.07) is 0. The maximum absolute atomic E-state index is 12.5. The Hall–Kier alpha value is -0.150. The SMILES string of the molecule is CCCCCCCCCCCCCCCC=CCCCCOP(=O)(O)C(CC)[N+](C)(C)C. The van der Waals surface area contributed by atoms with Crippen molar-refractivity contribution < 1.29 is 18.5 Å². The van der Waals surface area contributed by atoms with E-state index in [4.69, 9.17) is 4.52 Å². The number of hydrogen-bond donors (Lipinski definition) is 1. The Kier molecular flexibility index (Phi) is 20.1. The molecule has 0 aliphatic heterocycles. The van der Waals surface area contributed by atoms with E-state index in [2.05, 4.69) is 19.1 Å². The first kappa shape index (κ1) is 31.9. The molecule has 0 radical (unpaired) electrons. The Morgan fingerprint density at radius 2 is 1.12 bits per heavy atom. The molecule has 0 aliphatic rings. The molecule has 32 heavy (non-hydrogen) atoms. The van der Waals surface area contributed by atoms with Gasteiger partial charge in [0.2, 0.25) is 0 Å². The van der Waals surface area contributed by atoms with E-state index in [9.17, 15) is 9.46 Å². The lowest BCUT2D eigenvalue weighted by molar-refractivity contribution is -0.883. The number of nitrogens with zero attached hydrogens (tertiary/aromatic N) is 1. The highest BCUT2D eigenvalue weighted by Crippen LogP contribution is 2.51. The highest BCUT2D eigenvalue weighted by atomic mass is 31.2. The average molecular weight is 475 g/mol. The largest absolute Gasteiger partial charge is 0.385 e. The number of rotatable bonds is 23. The van der Waals surface area contributed by atoms with E-state index in [0.717, 1.165) is 19.3 Å². The van der Waals surface area contributed by atoms with Crippen molar-refractivity contribution in [2.45, 2.75) is 135 Å². The second kappa shape index (κ2) is 20.2. The van der Waals surface area contributed by atoms with Crippen LogP contribution in [0.3, 0.4) is 0 Å². The zero-order chi connectivity index (χ0) is 24.1. The molecule has 192 valence electrons. The summed E-state index contributed by atoms with van der Waals surface area (Å²) in [5, 5.41) is 0. The predicted molar refractivity (Wildman–Crippen MR) is 141 cm³/mol. The predicted octanol–water partition coefficient (Wildman–Crippen LogP) is 8.84. The number of unbranched alkanes of at least 4 members (excludes halogenated alkanes) is 15. The topological polar surface area (TPSA) is 46.5 Å². The van der Waals surface area contributed by atoms with Gasteiger partial charge in [-0.25, -0.2) is 0 Å². The van der Waals surface area contributed by atoms with Crippen LogP contribution in [0.4, 0.5) is 0 Å². The molecule has 0 rings (SSSR count). The van der Waals surface area contributed by atoms with E-state index in [1.807, 2.05) is 28.1 Å². The number of quaternary nitrogens is 1.